The van der Waals surface area contributed by atoms with Crippen molar-refractivity contribution in [3.63, 3.8) is 0 Å². The Morgan fingerprint density at radius 2 is 2.25 bits per heavy atom. The molecule has 1 aromatic rings. The van der Waals surface area contributed by atoms with Crippen LogP contribution in [0.15, 0.2) is 4.52 Å². The zero-order valence-corrected chi connectivity index (χ0v) is 11.2. The topological polar surface area (TPSA) is 64.9 Å². The first-order valence-corrected chi connectivity index (χ1v) is 7.67. The van der Waals surface area contributed by atoms with Crippen molar-refractivity contribution in [1.29, 1.82) is 0 Å². The lowest BCUT2D eigenvalue weighted by Gasteiger charge is -2.17. The van der Waals surface area contributed by atoms with Gasteiger partial charge < -0.3 is 10.3 Å². The van der Waals surface area contributed by atoms with Crippen molar-refractivity contribution < 1.29 is 4.52 Å². The number of nitrogens with zero attached hydrogens (tertiary/aromatic N) is 2. The van der Waals surface area contributed by atoms with E-state index >= 15 is 0 Å². The van der Waals surface area contributed by atoms with Gasteiger partial charge in [-0.15, -0.1) is 11.8 Å². The van der Waals surface area contributed by atoms with Crippen molar-refractivity contribution in [3.05, 3.63) is 11.7 Å². The number of hydrogen-bond donors (Lipinski definition) is 1. The van der Waals surface area contributed by atoms with Gasteiger partial charge in [0.25, 0.3) is 0 Å². The molecule has 4 nitrogen and oxygen atoms in total. The molecule has 1 fully saturated rings. The summed E-state index contributed by atoms with van der Waals surface area (Å²) in [4.78, 5) is 4.46. The van der Waals surface area contributed by atoms with E-state index in [9.17, 15) is 0 Å². The van der Waals surface area contributed by atoms with E-state index in [1.807, 2.05) is 37.4 Å². The van der Waals surface area contributed by atoms with Crippen molar-refractivity contribution in [3.8, 4) is 0 Å². The van der Waals surface area contributed by atoms with Gasteiger partial charge in [-0.2, -0.15) is 16.7 Å². The van der Waals surface area contributed by atoms with Crippen LogP contribution in [0.3, 0.4) is 0 Å². The largest absolute Gasteiger partial charge is 0.339 e. The Kier molecular flexibility index (Phi) is 4.16. The maximum absolute atomic E-state index is 5.82. The summed E-state index contributed by atoms with van der Waals surface area (Å²) in [5.41, 5.74) is 5.82. The standard InChI is InChI=1S/C10H17N3OS2/c1-6(7(2)11)10-12-9(13-14-10)8-5-15-3-4-16-8/h6-8H,3-5,11H2,1-2H3. The number of nitrogens with two attached hydrogens (primary N) is 1. The predicted molar refractivity (Wildman–Crippen MR) is 68.9 cm³/mol. The Morgan fingerprint density at radius 3 is 2.88 bits per heavy atom. The minimum absolute atomic E-state index is 0.0432. The molecule has 2 heterocycles. The van der Waals surface area contributed by atoms with Gasteiger partial charge in [-0.25, -0.2) is 0 Å². The van der Waals surface area contributed by atoms with Crippen LogP contribution in [-0.4, -0.2) is 33.4 Å². The lowest BCUT2D eigenvalue weighted by molar-refractivity contribution is 0.343. The average Bonchev–Trinajstić information content (AvgIpc) is 2.78. The number of hydrogen-bond acceptors (Lipinski definition) is 6. The number of thioether (sulfide) groups is 2. The van der Waals surface area contributed by atoms with Gasteiger partial charge in [0.15, 0.2) is 5.82 Å². The fraction of sp³-hybridized carbons (Fsp3) is 0.800. The molecule has 0 amide bonds. The highest BCUT2D eigenvalue weighted by molar-refractivity contribution is 8.06. The van der Waals surface area contributed by atoms with Gasteiger partial charge >= 0.3 is 0 Å². The average molecular weight is 259 g/mol. The molecule has 6 heteroatoms. The van der Waals surface area contributed by atoms with Gasteiger partial charge in [0.05, 0.1) is 11.2 Å². The minimum atomic E-state index is 0.0432. The molecule has 16 heavy (non-hydrogen) atoms. The van der Waals surface area contributed by atoms with Gasteiger partial charge in [-0.05, 0) is 6.92 Å². The van der Waals surface area contributed by atoms with Crippen LogP contribution in [0.25, 0.3) is 0 Å². The molecule has 1 aliphatic heterocycles. The molecule has 0 saturated carbocycles. The summed E-state index contributed by atoms with van der Waals surface area (Å²) in [7, 11) is 0. The predicted octanol–water partition coefficient (Wildman–Crippen LogP) is 2.04. The molecule has 0 radical (unpaired) electrons. The number of aromatic nitrogens is 2. The summed E-state index contributed by atoms with van der Waals surface area (Å²) in [6.45, 7) is 3.98. The zero-order valence-electron chi connectivity index (χ0n) is 9.55. The van der Waals surface area contributed by atoms with Crippen molar-refractivity contribution >= 4 is 23.5 Å². The highest BCUT2D eigenvalue weighted by Gasteiger charge is 2.24. The SMILES string of the molecule is CC(N)C(C)c1nc(C2CSCCS2)no1. The molecule has 0 spiro atoms. The molecule has 1 aliphatic rings. The number of rotatable bonds is 3. The summed E-state index contributed by atoms with van der Waals surface area (Å²) in [6.07, 6.45) is 0. The van der Waals surface area contributed by atoms with Gasteiger partial charge in [-0.3, -0.25) is 0 Å². The highest BCUT2D eigenvalue weighted by Crippen LogP contribution is 2.35. The molecule has 1 saturated heterocycles. The fourth-order valence-corrected chi connectivity index (χ4v) is 4.01. The van der Waals surface area contributed by atoms with Crippen LogP contribution in [0.5, 0.6) is 0 Å². The van der Waals surface area contributed by atoms with Crippen LogP contribution >= 0.6 is 23.5 Å². The molecule has 90 valence electrons. The van der Waals surface area contributed by atoms with Gasteiger partial charge in [0.2, 0.25) is 5.89 Å². The van der Waals surface area contributed by atoms with Crippen LogP contribution in [0.4, 0.5) is 0 Å². The molecular formula is C10H17N3OS2. The van der Waals surface area contributed by atoms with E-state index < -0.39 is 0 Å². The summed E-state index contributed by atoms with van der Waals surface area (Å²) in [5.74, 6) is 5.10. The van der Waals surface area contributed by atoms with Crippen molar-refractivity contribution in [2.75, 3.05) is 17.3 Å². The smallest absolute Gasteiger partial charge is 0.231 e. The van der Waals surface area contributed by atoms with Gasteiger partial charge in [-0.1, -0.05) is 12.1 Å². The van der Waals surface area contributed by atoms with Crippen molar-refractivity contribution in [2.24, 2.45) is 5.73 Å². The second kappa shape index (κ2) is 5.42. The highest BCUT2D eigenvalue weighted by atomic mass is 32.2. The van der Waals surface area contributed by atoms with Crippen LogP contribution < -0.4 is 5.73 Å². The summed E-state index contributed by atoms with van der Waals surface area (Å²) in [5, 5.41) is 4.45. The molecule has 0 aromatic carbocycles. The molecule has 1 aromatic heterocycles. The second-order valence-electron chi connectivity index (χ2n) is 4.07. The van der Waals surface area contributed by atoms with E-state index in [0.717, 1.165) is 11.6 Å². The molecular weight excluding hydrogens is 242 g/mol. The summed E-state index contributed by atoms with van der Waals surface area (Å²) < 4.78 is 5.28. The van der Waals surface area contributed by atoms with Gasteiger partial charge in [0.1, 0.15) is 0 Å². The normalized spacial score (nSPS) is 25.3. The maximum Gasteiger partial charge on any atom is 0.231 e. The maximum atomic E-state index is 5.82. The Labute approximate surface area is 104 Å². The molecule has 0 bridgehead atoms. The Balaban J connectivity index is 2.06. The molecule has 3 atom stereocenters. The van der Waals surface area contributed by atoms with Crippen molar-refractivity contribution in [2.45, 2.75) is 31.1 Å². The molecule has 3 unspecified atom stereocenters. The van der Waals surface area contributed by atoms with E-state index in [1.54, 1.807) is 0 Å². The van der Waals surface area contributed by atoms with E-state index in [4.69, 9.17) is 10.3 Å². The van der Waals surface area contributed by atoms with Crippen LogP contribution in [0.1, 0.15) is 36.7 Å². The molecule has 2 rings (SSSR count). The summed E-state index contributed by atoms with van der Waals surface area (Å²) >= 11 is 3.87. The fourth-order valence-electron chi connectivity index (χ4n) is 1.42. The Morgan fingerprint density at radius 1 is 1.44 bits per heavy atom. The Bertz CT molecular complexity index is 337. The lowest BCUT2D eigenvalue weighted by Crippen LogP contribution is -2.22. The summed E-state index contributed by atoms with van der Waals surface area (Å²) in [6, 6.07) is 0.0432. The van der Waals surface area contributed by atoms with E-state index in [0.29, 0.717) is 11.1 Å². The minimum Gasteiger partial charge on any atom is -0.339 e. The molecule has 2 N–H and O–H groups in total. The van der Waals surface area contributed by atoms with E-state index in [2.05, 4.69) is 10.1 Å². The lowest BCUT2D eigenvalue weighted by atomic mass is 10.1. The van der Waals surface area contributed by atoms with Gasteiger partial charge in [0, 0.05) is 23.3 Å². The van der Waals surface area contributed by atoms with Crippen LogP contribution in [0, 0.1) is 0 Å². The third kappa shape index (κ3) is 2.73. The molecule has 0 aliphatic carbocycles. The van der Waals surface area contributed by atoms with E-state index in [-0.39, 0.29) is 12.0 Å². The third-order valence-electron chi connectivity index (χ3n) is 2.74. The first-order chi connectivity index (χ1) is 7.68. The third-order valence-corrected chi connectivity index (χ3v) is 5.49. The quantitative estimate of drug-likeness (QED) is 0.896. The van der Waals surface area contributed by atoms with Crippen molar-refractivity contribution in [1.82, 2.24) is 10.1 Å². The zero-order chi connectivity index (χ0) is 11.5. The second-order valence-corrected chi connectivity index (χ2v) is 6.53. The monoisotopic (exact) mass is 259 g/mol. The van der Waals surface area contributed by atoms with Crippen LogP contribution in [-0.2, 0) is 0 Å². The Hall–Kier alpha value is -0.200. The van der Waals surface area contributed by atoms with E-state index in [1.165, 1.54) is 11.5 Å². The first kappa shape index (κ1) is 12.3. The van der Waals surface area contributed by atoms with Crippen LogP contribution in [0.2, 0.25) is 0 Å². The first-order valence-electron chi connectivity index (χ1n) is 5.47.